The van der Waals surface area contributed by atoms with Gasteiger partial charge in [-0.1, -0.05) is 6.92 Å². The normalized spacial score (nSPS) is 17.0. The quantitative estimate of drug-likeness (QED) is 0.767. The Hall–Kier alpha value is -2.64. The molecule has 0 aliphatic carbocycles. The molecule has 2 amide bonds. The second-order valence-corrected chi connectivity index (χ2v) is 7.96. The number of carbonyl (C=O) groups excluding carboxylic acids is 2. The maximum atomic E-state index is 12.8. The highest BCUT2D eigenvalue weighted by atomic mass is 16.2. The Morgan fingerprint density at radius 1 is 1.31 bits per heavy atom. The van der Waals surface area contributed by atoms with Gasteiger partial charge in [-0.15, -0.1) is 0 Å². The topological polar surface area (TPSA) is 100 Å². The lowest BCUT2D eigenvalue weighted by Gasteiger charge is -2.32. The van der Waals surface area contributed by atoms with Crippen molar-refractivity contribution in [3.8, 4) is 0 Å². The molecule has 0 bridgehead atoms. The van der Waals surface area contributed by atoms with E-state index in [1.54, 1.807) is 16.6 Å². The van der Waals surface area contributed by atoms with Crippen molar-refractivity contribution < 1.29 is 9.59 Å². The van der Waals surface area contributed by atoms with Crippen molar-refractivity contribution in [1.82, 2.24) is 25.0 Å². The highest BCUT2D eigenvalue weighted by Crippen LogP contribution is 2.22. The number of rotatable bonds is 6. The van der Waals surface area contributed by atoms with Crippen LogP contribution in [0.2, 0.25) is 0 Å². The average Bonchev–Trinajstić information content (AvgIpc) is 2.99. The lowest BCUT2D eigenvalue weighted by molar-refractivity contribution is -0.135. The van der Waals surface area contributed by atoms with E-state index in [4.69, 9.17) is 0 Å². The summed E-state index contributed by atoms with van der Waals surface area (Å²) in [7, 11) is 1.80. The number of carbonyl (C=O) groups is 2. The van der Waals surface area contributed by atoms with E-state index < -0.39 is 0 Å². The number of likely N-dealkylation sites (tertiary alicyclic amines) is 1. The summed E-state index contributed by atoms with van der Waals surface area (Å²) in [6.45, 7) is 7.66. The summed E-state index contributed by atoms with van der Waals surface area (Å²) in [6.07, 6.45) is 3.19. The summed E-state index contributed by atoms with van der Waals surface area (Å²) in [4.78, 5) is 42.3. The lowest BCUT2D eigenvalue weighted by atomic mass is 9.96. The second-order valence-electron chi connectivity index (χ2n) is 7.96. The van der Waals surface area contributed by atoms with Gasteiger partial charge >= 0.3 is 0 Å². The molecule has 29 heavy (non-hydrogen) atoms. The van der Waals surface area contributed by atoms with Gasteiger partial charge in [-0.25, -0.2) is 0 Å². The van der Waals surface area contributed by atoms with Crippen molar-refractivity contribution >= 4 is 22.8 Å². The molecule has 2 aromatic heterocycles. The summed E-state index contributed by atoms with van der Waals surface area (Å²) >= 11 is 0. The van der Waals surface area contributed by atoms with E-state index in [-0.39, 0.29) is 29.7 Å². The number of aryl methyl sites for hydroxylation is 3. The molecule has 0 radical (unpaired) electrons. The number of aromatic nitrogens is 3. The fourth-order valence-corrected chi connectivity index (χ4v) is 4.26. The number of nitrogens with one attached hydrogen (secondary N) is 2. The molecule has 3 heterocycles. The molecule has 1 unspecified atom stereocenters. The van der Waals surface area contributed by atoms with Crippen molar-refractivity contribution in [2.24, 2.45) is 13.0 Å². The average molecular weight is 402 g/mol. The molecule has 1 atom stereocenters. The van der Waals surface area contributed by atoms with Gasteiger partial charge in [-0.05, 0) is 45.1 Å². The van der Waals surface area contributed by atoms with Crippen LogP contribution in [-0.4, -0.2) is 51.1 Å². The van der Waals surface area contributed by atoms with Crippen molar-refractivity contribution in [1.29, 1.82) is 0 Å². The number of fused-ring (bicyclic) bond motifs is 1. The molecule has 1 saturated heterocycles. The Morgan fingerprint density at radius 2 is 2.07 bits per heavy atom. The van der Waals surface area contributed by atoms with Gasteiger partial charge in [0, 0.05) is 44.1 Å². The lowest BCUT2D eigenvalue weighted by Crippen LogP contribution is -2.45. The number of pyridine rings is 1. The molecule has 2 N–H and O–H groups in total. The predicted molar refractivity (Wildman–Crippen MR) is 112 cm³/mol. The summed E-state index contributed by atoms with van der Waals surface area (Å²) in [6, 6.07) is 0. The largest absolute Gasteiger partial charge is 0.356 e. The van der Waals surface area contributed by atoms with Gasteiger partial charge in [0.15, 0.2) is 0 Å². The zero-order valence-corrected chi connectivity index (χ0v) is 17.8. The Morgan fingerprint density at radius 3 is 2.79 bits per heavy atom. The minimum absolute atomic E-state index is 0.000188. The number of aromatic amines is 1. The first-order chi connectivity index (χ1) is 13.8. The molecule has 3 rings (SSSR count). The highest BCUT2D eigenvalue weighted by Gasteiger charge is 2.28. The molecule has 0 aromatic carbocycles. The number of nitrogens with zero attached hydrogens (tertiary/aromatic N) is 3. The van der Waals surface area contributed by atoms with Gasteiger partial charge in [0.25, 0.3) is 5.56 Å². The van der Waals surface area contributed by atoms with Crippen LogP contribution in [0.15, 0.2) is 4.79 Å². The summed E-state index contributed by atoms with van der Waals surface area (Å²) < 4.78 is 1.67. The van der Waals surface area contributed by atoms with E-state index in [0.29, 0.717) is 37.3 Å². The third-order valence-electron chi connectivity index (χ3n) is 5.84. The summed E-state index contributed by atoms with van der Waals surface area (Å²) in [5.41, 5.74) is 2.92. The fourth-order valence-electron chi connectivity index (χ4n) is 4.26. The van der Waals surface area contributed by atoms with Crippen molar-refractivity contribution in [2.45, 2.75) is 52.9 Å². The first-order valence-corrected chi connectivity index (χ1v) is 10.4. The molecule has 8 heteroatoms. The number of hydrogen-bond donors (Lipinski definition) is 2. The van der Waals surface area contributed by atoms with Crippen LogP contribution in [0.25, 0.3) is 11.0 Å². The van der Waals surface area contributed by atoms with Gasteiger partial charge in [0.2, 0.25) is 11.8 Å². The number of H-pyrrole nitrogens is 1. The van der Waals surface area contributed by atoms with Crippen molar-refractivity contribution in [3.63, 3.8) is 0 Å². The van der Waals surface area contributed by atoms with E-state index in [9.17, 15) is 14.4 Å². The van der Waals surface area contributed by atoms with Gasteiger partial charge < -0.3 is 15.2 Å². The number of amides is 2. The van der Waals surface area contributed by atoms with Crippen LogP contribution in [0.5, 0.6) is 0 Å². The number of hydrogen-bond acceptors (Lipinski definition) is 4. The van der Waals surface area contributed by atoms with Gasteiger partial charge in [0.05, 0.1) is 11.6 Å². The van der Waals surface area contributed by atoms with E-state index in [2.05, 4.69) is 15.4 Å². The maximum absolute atomic E-state index is 12.8. The first-order valence-electron chi connectivity index (χ1n) is 10.4. The summed E-state index contributed by atoms with van der Waals surface area (Å²) in [5.74, 6) is -0.104. The maximum Gasteiger partial charge on any atom is 0.253 e. The van der Waals surface area contributed by atoms with Crippen LogP contribution in [0, 0.1) is 19.8 Å². The van der Waals surface area contributed by atoms with Gasteiger partial charge in [-0.3, -0.25) is 19.1 Å². The van der Waals surface area contributed by atoms with Crippen LogP contribution in [0.4, 0.5) is 0 Å². The van der Waals surface area contributed by atoms with E-state index in [1.165, 1.54) is 0 Å². The Bertz CT molecular complexity index is 975. The van der Waals surface area contributed by atoms with Gasteiger partial charge in [0.1, 0.15) is 5.65 Å². The Balaban J connectivity index is 1.68. The molecule has 8 nitrogen and oxygen atoms in total. The third kappa shape index (κ3) is 4.36. The second kappa shape index (κ2) is 8.80. The minimum Gasteiger partial charge on any atom is -0.356 e. The smallest absolute Gasteiger partial charge is 0.253 e. The predicted octanol–water partition coefficient (Wildman–Crippen LogP) is 1.58. The van der Waals surface area contributed by atoms with E-state index in [0.717, 1.165) is 35.9 Å². The SMILES string of the molecule is CCCNC(=O)C1CCCN(C(=O)CCc2c(C)c3c(C)nn(C)c3[nH]c2=O)C1. The van der Waals surface area contributed by atoms with Crippen LogP contribution < -0.4 is 10.9 Å². The van der Waals surface area contributed by atoms with Crippen molar-refractivity contribution in [3.05, 3.63) is 27.2 Å². The molecule has 0 saturated carbocycles. The van der Waals surface area contributed by atoms with Gasteiger partial charge in [-0.2, -0.15) is 5.10 Å². The Labute approximate surface area is 170 Å². The molecule has 2 aromatic rings. The van der Waals surface area contributed by atoms with Crippen LogP contribution in [0.3, 0.4) is 0 Å². The fraction of sp³-hybridized carbons (Fsp3) is 0.619. The van der Waals surface area contributed by atoms with Crippen LogP contribution >= 0.6 is 0 Å². The monoisotopic (exact) mass is 401 g/mol. The third-order valence-corrected chi connectivity index (χ3v) is 5.84. The van der Waals surface area contributed by atoms with E-state index >= 15 is 0 Å². The zero-order valence-electron chi connectivity index (χ0n) is 17.8. The summed E-state index contributed by atoms with van der Waals surface area (Å²) in [5, 5.41) is 8.25. The standard InChI is InChI=1S/C21H31N5O3/c1-5-10-22-20(28)15-7-6-11-26(12-15)17(27)9-8-16-13(2)18-14(3)24-25(4)19(18)23-21(16)29/h15H,5-12H2,1-4H3,(H,22,28)(H,23,29). The molecule has 158 valence electrons. The molecule has 0 spiro atoms. The highest BCUT2D eigenvalue weighted by molar-refractivity contribution is 5.83. The Kier molecular flexibility index (Phi) is 6.39. The van der Waals surface area contributed by atoms with E-state index in [1.807, 2.05) is 20.8 Å². The minimum atomic E-state index is -0.165. The molecular formula is C21H31N5O3. The molecule has 1 aliphatic rings. The molecule has 1 fully saturated rings. The van der Waals surface area contributed by atoms with Crippen LogP contribution in [-0.2, 0) is 23.1 Å². The molecular weight excluding hydrogens is 370 g/mol. The van der Waals surface area contributed by atoms with Crippen LogP contribution in [0.1, 0.15) is 49.4 Å². The number of piperidine rings is 1. The van der Waals surface area contributed by atoms with Crippen molar-refractivity contribution in [2.75, 3.05) is 19.6 Å². The first kappa shape index (κ1) is 21.1. The molecule has 1 aliphatic heterocycles. The zero-order chi connectivity index (χ0) is 21.1.